The molecule has 0 bridgehead atoms. The van der Waals surface area contributed by atoms with Crippen molar-refractivity contribution in [1.82, 2.24) is 10.6 Å². The number of urea groups is 1. The Morgan fingerprint density at radius 2 is 1.89 bits per heavy atom. The van der Waals surface area contributed by atoms with E-state index in [0.29, 0.717) is 6.61 Å². The zero-order chi connectivity index (χ0) is 14.1. The third-order valence-corrected chi connectivity index (χ3v) is 1.98. The number of carboxylic acid groups (broad SMARTS) is 2. The lowest BCUT2D eigenvalue weighted by Crippen LogP contribution is -2.48. The summed E-state index contributed by atoms with van der Waals surface area (Å²) in [5, 5.41) is 21.6. The summed E-state index contributed by atoms with van der Waals surface area (Å²) in [6, 6.07) is -2.19. The predicted octanol–water partition coefficient (Wildman–Crippen LogP) is -0.361. The molecule has 0 aliphatic rings. The fourth-order valence-electron chi connectivity index (χ4n) is 1.16. The van der Waals surface area contributed by atoms with E-state index in [9.17, 15) is 14.4 Å². The Kier molecular flexibility index (Phi) is 7.45. The standard InChI is InChI=1S/C10H18N2O6/c1-3-18-6(2)5-11-10(17)12-7(9(15)16)4-8(13)14/h6-7H,3-5H2,1-2H3,(H,13,14)(H,15,16)(H2,11,12,17)/t6?,7-/m0/s1. The number of nitrogens with one attached hydrogen (secondary N) is 2. The van der Waals surface area contributed by atoms with Gasteiger partial charge in [-0.3, -0.25) is 4.79 Å². The smallest absolute Gasteiger partial charge is 0.326 e. The molecule has 0 radical (unpaired) electrons. The average Bonchev–Trinajstić information content (AvgIpc) is 2.25. The fraction of sp³-hybridized carbons (Fsp3) is 0.700. The van der Waals surface area contributed by atoms with Crippen LogP contribution in [0.1, 0.15) is 20.3 Å². The van der Waals surface area contributed by atoms with Gasteiger partial charge in [-0.1, -0.05) is 0 Å². The van der Waals surface area contributed by atoms with Crippen LogP contribution >= 0.6 is 0 Å². The van der Waals surface area contributed by atoms with E-state index < -0.39 is 30.4 Å². The molecular formula is C10H18N2O6. The summed E-state index contributed by atoms with van der Waals surface area (Å²) in [5.41, 5.74) is 0. The van der Waals surface area contributed by atoms with Crippen LogP contribution in [-0.2, 0) is 14.3 Å². The van der Waals surface area contributed by atoms with Gasteiger partial charge in [-0.05, 0) is 13.8 Å². The van der Waals surface area contributed by atoms with Gasteiger partial charge in [0.1, 0.15) is 6.04 Å². The van der Waals surface area contributed by atoms with E-state index in [1.54, 1.807) is 6.92 Å². The van der Waals surface area contributed by atoms with Crippen molar-refractivity contribution in [3.8, 4) is 0 Å². The van der Waals surface area contributed by atoms with Crippen molar-refractivity contribution in [2.24, 2.45) is 0 Å². The molecule has 0 aromatic heterocycles. The highest BCUT2D eigenvalue weighted by Gasteiger charge is 2.22. The number of carbonyl (C=O) groups excluding carboxylic acids is 1. The van der Waals surface area contributed by atoms with Crippen molar-refractivity contribution in [3.05, 3.63) is 0 Å². The molecule has 0 aliphatic heterocycles. The van der Waals surface area contributed by atoms with Crippen molar-refractivity contribution in [2.75, 3.05) is 13.2 Å². The highest BCUT2D eigenvalue weighted by atomic mass is 16.5. The van der Waals surface area contributed by atoms with Gasteiger partial charge < -0.3 is 25.6 Å². The van der Waals surface area contributed by atoms with Crippen LogP contribution in [0.5, 0.6) is 0 Å². The third kappa shape index (κ3) is 7.44. The fourth-order valence-corrected chi connectivity index (χ4v) is 1.16. The second-order valence-corrected chi connectivity index (χ2v) is 3.61. The summed E-state index contributed by atoms with van der Waals surface area (Å²) in [7, 11) is 0. The minimum atomic E-state index is -1.45. The van der Waals surface area contributed by atoms with Crippen molar-refractivity contribution >= 4 is 18.0 Å². The maximum absolute atomic E-state index is 11.3. The molecule has 4 N–H and O–H groups in total. The van der Waals surface area contributed by atoms with Gasteiger partial charge in [-0.25, -0.2) is 9.59 Å². The van der Waals surface area contributed by atoms with E-state index in [4.69, 9.17) is 14.9 Å². The maximum Gasteiger partial charge on any atom is 0.326 e. The summed E-state index contributed by atoms with van der Waals surface area (Å²) < 4.78 is 5.16. The molecule has 1 unspecified atom stereocenters. The van der Waals surface area contributed by atoms with Crippen LogP contribution in [-0.4, -0.2) is 53.5 Å². The molecule has 0 spiro atoms. The van der Waals surface area contributed by atoms with Crippen molar-refractivity contribution in [3.63, 3.8) is 0 Å². The monoisotopic (exact) mass is 262 g/mol. The number of hydrogen-bond acceptors (Lipinski definition) is 4. The first-order valence-corrected chi connectivity index (χ1v) is 5.47. The first kappa shape index (κ1) is 16.2. The Morgan fingerprint density at radius 3 is 2.33 bits per heavy atom. The van der Waals surface area contributed by atoms with E-state index in [1.807, 2.05) is 6.92 Å². The van der Waals surface area contributed by atoms with Crippen molar-refractivity contribution in [2.45, 2.75) is 32.4 Å². The van der Waals surface area contributed by atoms with Crippen LogP contribution in [0, 0.1) is 0 Å². The number of carbonyl (C=O) groups is 3. The Hall–Kier alpha value is -1.83. The largest absolute Gasteiger partial charge is 0.481 e. The molecule has 0 saturated heterocycles. The van der Waals surface area contributed by atoms with Gasteiger partial charge in [-0.2, -0.15) is 0 Å². The Bertz CT molecular complexity index is 307. The second-order valence-electron chi connectivity index (χ2n) is 3.61. The average molecular weight is 262 g/mol. The van der Waals surface area contributed by atoms with Gasteiger partial charge >= 0.3 is 18.0 Å². The van der Waals surface area contributed by atoms with Gasteiger partial charge in [0.15, 0.2) is 0 Å². The number of aliphatic carboxylic acids is 2. The zero-order valence-electron chi connectivity index (χ0n) is 10.3. The normalized spacial score (nSPS) is 13.4. The summed E-state index contributed by atoms with van der Waals surface area (Å²) in [6.45, 7) is 4.26. The molecule has 0 heterocycles. The maximum atomic E-state index is 11.3. The SMILES string of the molecule is CCOC(C)CNC(=O)N[C@@H](CC(=O)O)C(=O)O. The van der Waals surface area contributed by atoms with Gasteiger partial charge in [0.05, 0.1) is 12.5 Å². The second kappa shape index (κ2) is 8.29. The summed E-state index contributed by atoms with van der Waals surface area (Å²) in [4.78, 5) is 32.4. The summed E-state index contributed by atoms with van der Waals surface area (Å²) in [6.07, 6.45) is -0.882. The van der Waals surface area contributed by atoms with Crippen LogP contribution in [0.25, 0.3) is 0 Å². The molecule has 0 saturated carbocycles. The molecule has 104 valence electrons. The van der Waals surface area contributed by atoms with Crippen molar-refractivity contribution < 1.29 is 29.3 Å². The van der Waals surface area contributed by atoms with Crippen LogP contribution in [0.2, 0.25) is 0 Å². The first-order chi connectivity index (χ1) is 8.36. The minimum Gasteiger partial charge on any atom is -0.481 e. The zero-order valence-corrected chi connectivity index (χ0v) is 10.3. The van der Waals surface area contributed by atoms with Crippen LogP contribution in [0.15, 0.2) is 0 Å². The quantitative estimate of drug-likeness (QED) is 0.473. The molecule has 2 amide bonds. The molecule has 0 fully saturated rings. The van der Waals surface area contributed by atoms with E-state index in [0.717, 1.165) is 0 Å². The molecule has 0 aromatic carbocycles. The highest BCUT2D eigenvalue weighted by molar-refractivity contribution is 5.86. The van der Waals surface area contributed by atoms with Crippen molar-refractivity contribution in [1.29, 1.82) is 0 Å². The molecule has 2 atom stereocenters. The first-order valence-electron chi connectivity index (χ1n) is 5.47. The predicted molar refractivity (Wildman–Crippen MR) is 61.3 cm³/mol. The Morgan fingerprint density at radius 1 is 1.28 bits per heavy atom. The van der Waals surface area contributed by atoms with Crippen LogP contribution in [0.3, 0.4) is 0 Å². The molecule has 8 heteroatoms. The lowest BCUT2D eigenvalue weighted by atomic mass is 10.2. The third-order valence-electron chi connectivity index (χ3n) is 1.98. The minimum absolute atomic E-state index is 0.205. The Balaban J connectivity index is 4.10. The number of amides is 2. The van der Waals surface area contributed by atoms with E-state index in [1.165, 1.54) is 0 Å². The molecule has 0 aliphatic carbocycles. The summed E-state index contributed by atoms with van der Waals surface area (Å²) in [5.74, 6) is -2.70. The molecular weight excluding hydrogens is 244 g/mol. The lowest BCUT2D eigenvalue weighted by molar-refractivity contribution is -0.145. The van der Waals surface area contributed by atoms with Crippen LogP contribution in [0.4, 0.5) is 4.79 Å². The van der Waals surface area contributed by atoms with Gasteiger partial charge in [0.25, 0.3) is 0 Å². The Labute approximate surface area is 104 Å². The lowest BCUT2D eigenvalue weighted by Gasteiger charge is -2.15. The number of rotatable bonds is 8. The van der Waals surface area contributed by atoms with Gasteiger partial charge in [-0.15, -0.1) is 0 Å². The molecule has 0 rings (SSSR count). The van der Waals surface area contributed by atoms with E-state index >= 15 is 0 Å². The number of carboxylic acids is 2. The van der Waals surface area contributed by atoms with Gasteiger partial charge in [0, 0.05) is 13.2 Å². The number of hydrogen-bond donors (Lipinski definition) is 4. The van der Waals surface area contributed by atoms with E-state index in [-0.39, 0.29) is 12.6 Å². The topological polar surface area (TPSA) is 125 Å². The molecule has 8 nitrogen and oxygen atoms in total. The number of ether oxygens (including phenoxy) is 1. The van der Waals surface area contributed by atoms with E-state index in [2.05, 4.69) is 10.6 Å². The van der Waals surface area contributed by atoms with Crippen LogP contribution < -0.4 is 10.6 Å². The molecule has 18 heavy (non-hydrogen) atoms. The molecule has 0 aromatic rings. The highest BCUT2D eigenvalue weighted by Crippen LogP contribution is 1.93. The van der Waals surface area contributed by atoms with Gasteiger partial charge in [0.2, 0.25) is 0 Å². The summed E-state index contributed by atoms with van der Waals surface area (Å²) >= 11 is 0.